The monoisotopic (exact) mass is 1100 g/mol. The van der Waals surface area contributed by atoms with Crippen molar-refractivity contribution in [3.63, 3.8) is 0 Å². The Morgan fingerprint density at radius 2 is 0.779 bits per heavy atom. The first kappa shape index (κ1) is 47.9. The number of aromatic nitrogens is 5. The van der Waals surface area contributed by atoms with E-state index in [1.54, 1.807) is 0 Å². The van der Waals surface area contributed by atoms with Gasteiger partial charge in [-0.3, -0.25) is 4.40 Å². The Hall–Kier alpha value is -10.5. The number of rotatable bonds is 4. The quantitative estimate of drug-likeness (QED) is 0.173. The fourth-order valence-electron chi connectivity index (χ4n) is 15.4. The van der Waals surface area contributed by atoms with Gasteiger partial charge in [0.2, 0.25) is 0 Å². The lowest BCUT2D eigenvalue weighted by Crippen LogP contribution is -2.11. The van der Waals surface area contributed by atoms with Crippen LogP contribution < -0.4 is 0 Å². The van der Waals surface area contributed by atoms with Gasteiger partial charge in [-0.1, -0.05) is 175 Å². The highest BCUT2D eigenvalue weighted by atomic mass is 15.0. The number of pyridine rings is 1. The fourth-order valence-corrected chi connectivity index (χ4v) is 15.4. The van der Waals surface area contributed by atoms with E-state index >= 15 is 0 Å². The molecule has 0 aliphatic heterocycles. The molecule has 0 radical (unpaired) electrons. The summed E-state index contributed by atoms with van der Waals surface area (Å²) in [5.74, 6) is 0. The summed E-state index contributed by atoms with van der Waals surface area (Å²) in [6.45, 7) is 14.1. The molecular formula is C81H57N5. The van der Waals surface area contributed by atoms with Gasteiger partial charge >= 0.3 is 0 Å². The molecule has 19 rings (SSSR count). The molecule has 0 aliphatic rings. The molecule has 12 aromatic carbocycles. The molecule has 0 aliphatic carbocycles. The Balaban J connectivity index is 0.966. The largest absolute Gasteiger partial charge is 0.309 e. The fraction of sp³-hybridized carbons (Fsp3) is 0.0988. The van der Waals surface area contributed by atoms with Crippen molar-refractivity contribution in [2.75, 3.05) is 0 Å². The Bertz CT molecular complexity index is 6130. The van der Waals surface area contributed by atoms with Crippen molar-refractivity contribution < 1.29 is 0 Å². The molecule has 19 aromatic rings. The van der Waals surface area contributed by atoms with Crippen LogP contribution in [0, 0.1) is 0 Å². The second-order valence-electron chi connectivity index (χ2n) is 26.3. The third-order valence-electron chi connectivity index (χ3n) is 19.4. The number of para-hydroxylation sites is 4. The first-order valence-electron chi connectivity index (χ1n) is 30.3. The van der Waals surface area contributed by atoms with Gasteiger partial charge < -0.3 is 13.5 Å². The van der Waals surface area contributed by atoms with E-state index in [9.17, 15) is 0 Å². The number of benzene rings is 12. The van der Waals surface area contributed by atoms with Gasteiger partial charge in [-0.05, 0) is 158 Å². The summed E-state index contributed by atoms with van der Waals surface area (Å²) in [6.07, 6.45) is 0. The lowest BCUT2D eigenvalue weighted by Gasteiger charge is -2.22. The van der Waals surface area contributed by atoms with E-state index in [1.807, 2.05) is 0 Å². The SMILES string of the molecule is CC(C)(C)c1cc(-c2ccc3c(c2)c2ccccc2n3-c2ccccc2)c2c(c1)c1cc(C(C)(C)C)cc3c4nc5c(cc4n2c13)c1c2ccccc2cc2c3cc4ccccc4c(-c4ccc6c(c4)c4ccccc4n6-c4ccccc4)c3n5c21. The molecule has 0 fully saturated rings. The average molecular weight is 1100 g/mol. The van der Waals surface area contributed by atoms with Crippen molar-refractivity contribution in [1.29, 1.82) is 0 Å². The van der Waals surface area contributed by atoms with E-state index in [-0.39, 0.29) is 10.8 Å². The van der Waals surface area contributed by atoms with Crippen LogP contribution in [0.3, 0.4) is 0 Å². The molecule has 406 valence electrons. The molecule has 0 atom stereocenters. The molecule has 0 bridgehead atoms. The molecule has 7 aromatic heterocycles. The Kier molecular flexibility index (Phi) is 9.28. The summed E-state index contributed by atoms with van der Waals surface area (Å²) >= 11 is 0. The standard InChI is InChI=1S/C81H57N5/c1-80(2,3)50-41-58(48-33-35-69-59(37-48)56-29-17-19-31-67(56)83(69)52-23-9-7-10-24-52)75-63(42-50)64-43-51(81(4,5)6)44-66-74-71(85(75)76(64)66)45-65-73-55-28-16-14-22-47(55)39-62-61-38-46-21-13-15-27-54(46)72(77(61)86(78(62)73)79(65)82-74)49-34-36-70-60(40-49)57-30-18-20-32-68(57)84(70)53-25-11-8-12-26-53/h7-45H,1-6H3. The number of fused-ring (bicyclic) bond motifs is 21. The maximum Gasteiger partial charge on any atom is 0.146 e. The van der Waals surface area contributed by atoms with Crippen molar-refractivity contribution in [2.24, 2.45) is 0 Å². The number of hydrogen-bond acceptors (Lipinski definition) is 1. The minimum atomic E-state index is -0.135. The van der Waals surface area contributed by atoms with Crippen LogP contribution in [0.1, 0.15) is 52.7 Å². The van der Waals surface area contributed by atoms with Crippen LogP contribution in [0.5, 0.6) is 0 Å². The highest BCUT2D eigenvalue weighted by Gasteiger charge is 2.31. The zero-order valence-corrected chi connectivity index (χ0v) is 48.8. The first-order valence-corrected chi connectivity index (χ1v) is 30.3. The molecule has 5 heteroatoms. The van der Waals surface area contributed by atoms with E-state index in [2.05, 4.69) is 296 Å². The highest BCUT2D eigenvalue weighted by molar-refractivity contribution is 6.35. The summed E-state index contributed by atoms with van der Waals surface area (Å²) in [7, 11) is 0. The summed E-state index contributed by atoms with van der Waals surface area (Å²) in [4.78, 5) is 6.19. The third kappa shape index (κ3) is 6.31. The summed E-state index contributed by atoms with van der Waals surface area (Å²) in [5, 5.41) is 18.5. The van der Waals surface area contributed by atoms with Gasteiger partial charge in [0.15, 0.2) is 0 Å². The predicted molar refractivity (Wildman–Crippen MR) is 366 cm³/mol. The maximum atomic E-state index is 6.19. The second kappa shape index (κ2) is 16.6. The minimum absolute atomic E-state index is 0.118. The second-order valence-corrected chi connectivity index (χ2v) is 26.3. The van der Waals surface area contributed by atoms with Gasteiger partial charge in [0.1, 0.15) is 5.65 Å². The first-order chi connectivity index (χ1) is 41.9. The van der Waals surface area contributed by atoms with E-state index in [1.165, 1.54) is 153 Å². The van der Waals surface area contributed by atoms with Gasteiger partial charge in [0, 0.05) is 81.8 Å². The van der Waals surface area contributed by atoms with Gasteiger partial charge in [-0.2, -0.15) is 0 Å². The van der Waals surface area contributed by atoms with Gasteiger partial charge in [0.05, 0.1) is 55.2 Å². The van der Waals surface area contributed by atoms with Crippen LogP contribution in [-0.4, -0.2) is 22.9 Å². The van der Waals surface area contributed by atoms with Crippen molar-refractivity contribution in [3.8, 4) is 33.6 Å². The predicted octanol–water partition coefficient (Wildman–Crippen LogP) is 21.8. The molecule has 7 heterocycles. The van der Waals surface area contributed by atoms with Crippen LogP contribution in [0.15, 0.2) is 237 Å². The van der Waals surface area contributed by atoms with Crippen LogP contribution >= 0.6 is 0 Å². The number of hydrogen-bond donors (Lipinski definition) is 0. The van der Waals surface area contributed by atoms with Gasteiger partial charge in [0.25, 0.3) is 0 Å². The maximum absolute atomic E-state index is 6.19. The summed E-state index contributed by atoms with van der Waals surface area (Å²) in [6, 6.07) is 89.1. The van der Waals surface area contributed by atoms with Gasteiger partial charge in [-0.25, -0.2) is 4.98 Å². The lowest BCUT2D eigenvalue weighted by atomic mass is 9.83. The van der Waals surface area contributed by atoms with Gasteiger partial charge in [-0.15, -0.1) is 0 Å². The molecule has 86 heavy (non-hydrogen) atoms. The van der Waals surface area contributed by atoms with Crippen molar-refractivity contribution in [3.05, 3.63) is 248 Å². The van der Waals surface area contributed by atoms with Crippen molar-refractivity contribution >= 4 is 142 Å². The number of nitrogens with zero attached hydrogens (tertiary/aromatic N) is 5. The van der Waals surface area contributed by atoms with Crippen LogP contribution in [-0.2, 0) is 10.8 Å². The Labute approximate surface area is 495 Å². The highest BCUT2D eigenvalue weighted by Crippen LogP contribution is 2.52. The zero-order valence-electron chi connectivity index (χ0n) is 48.8. The summed E-state index contributed by atoms with van der Waals surface area (Å²) < 4.78 is 10.0. The molecule has 0 unspecified atom stereocenters. The molecule has 0 spiro atoms. The molecule has 0 saturated carbocycles. The molecule has 5 nitrogen and oxygen atoms in total. The smallest absolute Gasteiger partial charge is 0.146 e. The van der Waals surface area contributed by atoms with E-state index in [4.69, 9.17) is 4.98 Å². The third-order valence-corrected chi connectivity index (χ3v) is 19.4. The van der Waals surface area contributed by atoms with Crippen LogP contribution in [0.4, 0.5) is 0 Å². The molecule has 0 N–H and O–H groups in total. The topological polar surface area (TPSA) is 31.6 Å². The molecule has 0 amide bonds. The van der Waals surface area contributed by atoms with E-state index in [0.29, 0.717) is 0 Å². The van der Waals surface area contributed by atoms with Crippen LogP contribution in [0.2, 0.25) is 0 Å². The molecular weight excluding hydrogens is 1040 g/mol. The van der Waals surface area contributed by atoms with E-state index < -0.39 is 0 Å². The Morgan fingerprint density at radius 1 is 0.302 bits per heavy atom. The normalized spacial score (nSPS) is 13.0. The summed E-state index contributed by atoms with van der Waals surface area (Å²) in [5.41, 5.74) is 22.2. The Morgan fingerprint density at radius 3 is 1.41 bits per heavy atom. The van der Waals surface area contributed by atoms with Crippen molar-refractivity contribution in [2.45, 2.75) is 52.4 Å². The van der Waals surface area contributed by atoms with Crippen LogP contribution in [0.25, 0.3) is 175 Å². The molecule has 0 saturated heterocycles. The van der Waals surface area contributed by atoms with E-state index in [0.717, 1.165) is 33.4 Å². The zero-order chi connectivity index (χ0) is 57.2. The average Bonchev–Trinajstić information content (AvgIpc) is 1.52. The minimum Gasteiger partial charge on any atom is -0.309 e. The lowest BCUT2D eigenvalue weighted by molar-refractivity contribution is 0.591. The van der Waals surface area contributed by atoms with Crippen molar-refractivity contribution in [1.82, 2.24) is 22.9 Å².